The molecule has 0 radical (unpaired) electrons. The van der Waals surface area contributed by atoms with Crippen molar-refractivity contribution in [3.63, 3.8) is 0 Å². The third kappa shape index (κ3) is 3.25. The molecule has 0 aliphatic carbocycles. The highest BCUT2D eigenvalue weighted by atomic mass is 16.2. The van der Waals surface area contributed by atoms with Gasteiger partial charge < -0.3 is 9.80 Å². The smallest absolute Gasteiger partial charge is 0.274 e. The number of rotatable bonds is 4. The molecule has 1 aliphatic heterocycles. The Morgan fingerprint density at radius 1 is 1.20 bits per heavy atom. The van der Waals surface area contributed by atoms with Crippen molar-refractivity contribution in [2.75, 3.05) is 32.7 Å². The first-order chi connectivity index (χ1) is 9.65. The van der Waals surface area contributed by atoms with Gasteiger partial charge in [0.15, 0.2) is 0 Å². The van der Waals surface area contributed by atoms with Crippen LogP contribution in [0.4, 0.5) is 0 Å². The second kappa shape index (κ2) is 6.65. The van der Waals surface area contributed by atoms with Gasteiger partial charge in [0.1, 0.15) is 5.69 Å². The largest absolute Gasteiger partial charge is 0.335 e. The van der Waals surface area contributed by atoms with Crippen LogP contribution in [0.5, 0.6) is 0 Å². The highest BCUT2D eigenvalue weighted by Gasteiger charge is 2.22. The van der Waals surface area contributed by atoms with Crippen LogP contribution < -0.4 is 5.56 Å². The number of hydrogen-bond acceptors (Lipinski definition) is 4. The standard InChI is InChI=1S/C14H22N4O2/c1-3-7-18-13(19)6-5-12(15-18)14(20)17-10-8-16(4-2)9-11-17/h5-6H,3-4,7-11H2,1-2H3. The van der Waals surface area contributed by atoms with E-state index in [2.05, 4.69) is 16.9 Å². The zero-order valence-corrected chi connectivity index (χ0v) is 12.2. The number of aromatic nitrogens is 2. The van der Waals surface area contributed by atoms with E-state index in [4.69, 9.17) is 0 Å². The van der Waals surface area contributed by atoms with Gasteiger partial charge in [0.05, 0.1) is 0 Å². The number of piperazine rings is 1. The van der Waals surface area contributed by atoms with Crippen molar-refractivity contribution in [2.45, 2.75) is 26.8 Å². The minimum atomic E-state index is -0.154. The van der Waals surface area contributed by atoms with E-state index in [-0.39, 0.29) is 11.5 Å². The molecule has 1 aromatic heterocycles. The third-order valence-corrected chi connectivity index (χ3v) is 3.63. The second-order valence-corrected chi connectivity index (χ2v) is 5.01. The number of hydrogen-bond donors (Lipinski definition) is 0. The van der Waals surface area contributed by atoms with Crippen LogP contribution in [0, 0.1) is 0 Å². The minimum absolute atomic E-state index is 0.0781. The number of likely N-dealkylation sites (N-methyl/N-ethyl adjacent to an activating group) is 1. The summed E-state index contributed by atoms with van der Waals surface area (Å²) >= 11 is 0. The topological polar surface area (TPSA) is 58.4 Å². The lowest BCUT2D eigenvalue weighted by Gasteiger charge is -2.33. The maximum Gasteiger partial charge on any atom is 0.274 e. The number of nitrogens with zero attached hydrogens (tertiary/aromatic N) is 4. The molecule has 6 heteroatoms. The second-order valence-electron chi connectivity index (χ2n) is 5.01. The highest BCUT2D eigenvalue weighted by Crippen LogP contribution is 2.06. The zero-order valence-electron chi connectivity index (χ0n) is 12.2. The molecule has 0 atom stereocenters. The first-order valence-electron chi connectivity index (χ1n) is 7.25. The number of carbonyl (C=O) groups is 1. The summed E-state index contributed by atoms with van der Waals surface area (Å²) in [6, 6.07) is 2.96. The molecule has 2 heterocycles. The molecule has 1 fully saturated rings. The van der Waals surface area contributed by atoms with Crippen molar-refractivity contribution in [1.29, 1.82) is 0 Å². The predicted octanol–water partition coefficient (Wildman–Crippen LogP) is 0.431. The first kappa shape index (κ1) is 14.7. The van der Waals surface area contributed by atoms with Crippen LogP contribution in [-0.4, -0.2) is 58.2 Å². The third-order valence-electron chi connectivity index (χ3n) is 3.63. The van der Waals surface area contributed by atoms with Crippen LogP contribution in [0.3, 0.4) is 0 Å². The minimum Gasteiger partial charge on any atom is -0.335 e. The Morgan fingerprint density at radius 2 is 1.90 bits per heavy atom. The van der Waals surface area contributed by atoms with Crippen molar-refractivity contribution in [3.8, 4) is 0 Å². The SMILES string of the molecule is CCCn1nc(C(=O)N2CCN(CC)CC2)ccc1=O. The van der Waals surface area contributed by atoms with Crippen LogP contribution in [-0.2, 0) is 6.54 Å². The zero-order chi connectivity index (χ0) is 14.5. The van der Waals surface area contributed by atoms with Crippen LogP contribution in [0.15, 0.2) is 16.9 Å². The summed E-state index contributed by atoms with van der Waals surface area (Å²) in [7, 11) is 0. The van der Waals surface area contributed by atoms with Crippen LogP contribution in [0.25, 0.3) is 0 Å². The molecule has 0 saturated carbocycles. The number of amides is 1. The fourth-order valence-electron chi connectivity index (χ4n) is 2.36. The first-order valence-corrected chi connectivity index (χ1v) is 7.25. The molecular weight excluding hydrogens is 256 g/mol. The van der Waals surface area contributed by atoms with E-state index in [1.807, 2.05) is 11.8 Å². The lowest BCUT2D eigenvalue weighted by molar-refractivity contribution is 0.0634. The van der Waals surface area contributed by atoms with Crippen molar-refractivity contribution in [2.24, 2.45) is 0 Å². The molecular formula is C14H22N4O2. The average molecular weight is 278 g/mol. The van der Waals surface area contributed by atoms with Gasteiger partial charge in [0.2, 0.25) is 0 Å². The quantitative estimate of drug-likeness (QED) is 0.801. The summed E-state index contributed by atoms with van der Waals surface area (Å²) < 4.78 is 1.37. The van der Waals surface area contributed by atoms with Crippen LogP contribution in [0.1, 0.15) is 30.8 Å². The maximum atomic E-state index is 12.4. The van der Waals surface area contributed by atoms with Crippen LogP contribution >= 0.6 is 0 Å². The molecule has 6 nitrogen and oxygen atoms in total. The average Bonchev–Trinajstić information content (AvgIpc) is 2.49. The van der Waals surface area contributed by atoms with Gasteiger partial charge in [-0.1, -0.05) is 13.8 Å². The Hall–Kier alpha value is -1.69. The number of aryl methyl sites for hydroxylation is 1. The van der Waals surface area contributed by atoms with Gasteiger partial charge in [0.25, 0.3) is 11.5 Å². The summed E-state index contributed by atoms with van der Waals surface area (Å²) in [6.07, 6.45) is 0.819. The molecule has 1 amide bonds. The highest BCUT2D eigenvalue weighted by molar-refractivity contribution is 5.92. The van der Waals surface area contributed by atoms with E-state index < -0.39 is 0 Å². The normalized spacial score (nSPS) is 16.4. The Kier molecular flexibility index (Phi) is 4.89. The lowest BCUT2D eigenvalue weighted by atomic mass is 10.2. The van der Waals surface area contributed by atoms with Crippen LogP contribution in [0.2, 0.25) is 0 Å². The maximum absolute atomic E-state index is 12.4. The molecule has 110 valence electrons. The van der Waals surface area contributed by atoms with Gasteiger partial charge in [-0.25, -0.2) is 4.68 Å². The lowest BCUT2D eigenvalue weighted by Crippen LogP contribution is -2.48. The van der Waals surface area contributed by atoms with Crippen molar-refractivity contribution in [3.05, 3.63) is 28.2 Å². The fraction of sp³-hybridized carbons (Fsp3) is 0.643. The molecule has 0 N–H and O–H groups in total. The van der Waals surface area contributed by atoms with E-state index in [1.54, 1.807) is 0 Å². The molecule has 1 aliphatic rings. The summed E-state index contributed by atoms with van der Waals surface area (Å²) in [5.41, 5.74) is 0.210. The van der Waals surface area contributed by atoms with E-state index in [0.29, 0.717) is 12.2 Å². The van der Waals surface area contributed by atoms with E-state index in [0.717, 1.165) is 39.1 Å². The Morgan fingerprint density at radius 3 is 2.50 bits per heavy atom. The van der Waals surface area contributed by atoms with Gasteiger partial charge in [-0.2, -0.15) is 5.10 Å². The summed E-state index contributed by atoms with van der Waals surface area (Å²) in [4.78, 5) is 28.1. The van der Waals surface area contributed by atoms with Gasteiger partial charge in [-0.05, 0) is 19.0 Å². The van der Waals surface area contributed by atoms with Gasteiger partial charge >= 0.3 is 0 Å². The molecule has 20 heavy (non-hydrogen) atoms. The van der Waals surface area contributed by atoms with E-state index >= 15 is 0 Å². The van der Waals surface area contributed by atoms with Gasteiger partial charge in [-0.3, -0.25) is 9.59 Å². The molecule has 0 aromatic carbocycles. The Balaban J connectivity index is 2.09. The monoisotopic (exact) mass is 278 g/mol. The molecule has 1 aromatic rings. The van der Waals surface area contributed by atoms with Crippen molar-refractivity contribution in [1.82, 2.24) is 19.6 Å². The molecule has 0 unspecified atom stereocenters. The van der Waals surface area contributed by atoms with Crippen molar-refractivity contribution >= 4 is 5.91 Å². The summed E-state index contributed by atoms with van der Waals surface area (Å²) in [6.45, 7) is 8.91. The Labute approximate surface area is 119 Å². The fourth-order valence-corrected chi connectivity index (χ4v) is 2.36. The molecule has 0 spiro atoms. The van der Waals surface area contributed by atoms with E-state index in [1.165, 1.54) is 16.8 Å². The van der Waals surface area contributed by atoms with Gasteiger partial charge in [-0.15, -0.1) is 0 Å². The molecule has 2 rings (SSSR count). The molecule has 1 saturated heterocycles. The Bertz CT molecular complexity index is 518. The van der Waals surface area contributed by atoms with E-state index in [9.17, 15) is 9.59 Å². The summed E-state index contributed by atoms with van der Waals surface area (Å²) in [5, 5.41) is 4.18. The molecule has 0 bridgehead atoms. The predicted molar refractivity (Wildman–Crippen MR) is 76.8 cm³/mol. The summed E-state index contributed by atoms with van der Waals surface area (Å²) in [5.74, 6) is -0.0781. The number of carbonyl (C=O) groups excluding carboxylic acids is 1. The van der Waals surface area contributed by atoms with Gasteiger partial charge in [0, 0.05) is 38.8 Å². The van der Waals surface area contributed by atoms with Crippen molar-refractivity contribution < 1.29 is 4.79 Å².